The maximum absolute atomic E-state index is 12.5. The first-order chi connectivity index (χ1) is 14.2. The predicted octanol–water partition coefficient (Wildman–Crippen LogP) is 5.03. The molecule has 3 aromatic rings. The third kappa shape index (κ3) is 5.54. The highest BCUT2D eigenvalue weighted by Gasteiger charge is 2.14. The number of para-hydroxylation sites is 1. The van der Waals surface area contributed by atoms with Crippen LogP contribution in [0.5, 0.6) is 0 Å². The summed E-state index contributed by atoms with van der Waals surface area (Å²) in [4.78, 5) is 19.6. The second kappa shape index (κ2) is 9.98. The van der Waals surface area contributed by atoms with Gasteiger partial charge in [0.25, 0.3) is 0 Å². The largest absolute Gasteiger partial charge is 0.325 e. The van der Waals surface area contributed by atoms with Gasteiger partial charge in [-0.25, -0.2) is 4.98 Å². The molecule has 1 N–H and O–H groups in total. The van der Waals surface area contributed by atoms with Gasteiger partial charge >= 0.3 is 0 Å². The van der Waals surface area contributed by atoms with Crippen LogP contribution in [0.25, 0.3) is 10.2 Å². The summed E-state index contributed by atoms with van der Waals surface area (Å²) in [6, 6.07) is 14.4. The number of aromatic nitrogens is 1. The molecule has 0 atom stereocenters. The number of rotatable bonds is 7. The van der Waals surface area contributed by atoms with Gasteiger partial charge in [0.1, 0.15) is 5.01 Å². The van der Waals surface area contributed by atoms with E-state index in [9.17, 15) is 4.79 Å². The van der Waals surface area contributed by atoms with Gasteiger partial charge in [0.05, 0.1) is 16.0 Å². The van der Waals surface area contributed by atoms with E-state index in [4.69, 9.17) is 0 Å². The molecule has 1 amide bonds. The molecule has 152 valence electrons. The molecule has 1 saturated heterocycles. The zero-order valence-corrected chi connectivity index (χ0v) is 19.0. The van der Waals surface area contributed by atoms with Crippen LogP contribution in [0.1, 0.15) is 16.1 Å². The van der Waals surface area contributed by atoms with Gasteiger partial charge < -0.3 is 5.32 Å². The minimum absolute atomic E-state index is 0.0470. The summed E-state index contributed by atoms with van der Waals surface area (Å²) in [5.41, 5.74) is 4.45. The Labute approximate surface area is 184 Å². The normalized spacial score (nSPS) is 14.9. The Bertz CT molecular complexity index is 949. The smallest absolute Gasteiger partial charge is 0.234 e. The Kier molecular flexibility index (Phi) is 7.13. The molecule has 2 aromatic carbocycles. The van der Waals surface area contributed by atoms with Crippen LogP contribution in [-0.2, 0) is 17.1 Å². The molecule has 0 unspecified atom stereocenters. The van der Waals surface area contributed by atoms with Crippen LogP contribution in [0.2, 0.25) is 0 Å². The van der Waals surface area contributed by atoms with Crippen LogP contribution in [-0.4, -0.2) is 46.1 Å². The van der Waals surface area contributed by atoms with Crippen LogP contribution >= 0.6 is 34.9 Å². The van der Waals surface area contributed by atoms with Crippen molar-refractivity contribution in [2.45, 2.75) is 19.2 Å². The second-order valence-corrected chi connectivity index (χ2v) is 10.4. The Balaban J connectivity index is 1.30. The minimum Gasteiger partial charge on any atom is -0.325 e. The fourth-order valence-electron chi connectivity index (χ4n) is 3.39. The quantitative estimate of drug-likeness (QED) is 0.555. The molecule has 1 aromatic heterocycles. The van der Waals surface area contributed by atoms with Gasteiger partial charge in [-0.15, -0.1) is 23.1 Å². The van der Waals surface area contributed by atoms with Gasteiger partial charge in [0.2, 0.25) is 5.91 Å². The molecule has 2 heterocycles. The Hall–Kier alpha value is -1.54. The van der Waals surface area contributed by atoms with Gasteiger partial charge in [0.15, 0.2) is 0 Å². The van der Waals surface area contributed by atoms with Gasteiger partial charge in [-0.1, -0.05) is 24.3 Å². The molecule has 1 aliphatic heterocycles. The number of hydrogen-bond acceptors (Lipinski definition) is 6. The average Bonchev–Trinajstić information content (AvgIpc) is 3.14. The first-order valence-corrected chi connectivity index (χ1v) is 12.9. The molecule has 0 saturated carbocycles. The molecule has 0 aliphatic carbocycles. The van der Waals surface area contributed by atoms with Gasteiger partial charge in [-0.2, -0.15) is 11.8 Å². The van der Waals surface area contributed by atoms with Gasteiger partial charge in [-0.05, 0) is 36.2 Å². The Morgan fingerprint density at radius 2 is 2.00 bits per heavy atom. The molecule has 0 radical (unpaired) electrons. The lowest BCUT2D eigenvalue weighted by molar-refractivity contribution is -0.113. The Morgan fingerprint density at radius 1 is 1.17 bits per heavy atom. The monoisotopic (exact) mass is 443 g/mol. The number of nitrogens with zero attached hydrogens (tertiary/aromatic N) is 2. The summed E-state index contributed by atoms with van der Waals surface area (Å²) in [6.45, 7) is 5.35. The fraction of sp³-hybridized carbons (Fsp3) is 0.364. The number of nitrogens with one attached hydrogen (secondary N) is 1. The van der Waals surface area contributed by atoms with Crippen LogP contribution < -0.4 is 5.32 Å². The molecule has 0 bridgehead atoms. The average molecular weight is 444 g/mol. The van der Waals surface area contributed by atoms with E-state index in [1.54, 1.807) is 23.1 Å². The fourth-order valence-corrected chi connectivity index (χ4v) is 6.22. The zero-order valence-electron chi connectivity index (χ0n) is 16.5. The molecule has 0 spiro atoms. The summed E-state index contributed by atoms with van der Waals surface area (Å²) in [6.07, 6.45) is 0. The summed E-state index contributed by atoms with van der Waals surface area (Å²) >= 11 is 5.34. The van der Waals surface area contributed by atoms with Crippen molar-refractivity contribution in [2.24, 2.45) is 0 Å². The van der Waals surface area contributed by atoms with Crippen LogP contribution in [0.15, 0.2) is 42.5 Å². The summed E-state index contributed by atoms with van der Waals surface area (Å²) in [5, 5.41) is 4.17. The first-order valence-electron chi connectivity index (χ1n) is 9.79. The molecule has 4 rings (SSSR count). The number of amides is 1. The molecule has 1 aliphatic rings. The van der Waals surface area contributed by atoms with Crippen molar-refractivity contribution in [3.63, 3.8) is 0 Å². The van der Waals surface area contributed by atoms with Crippen molar-refractivity contribution in [2.75, 3.05) is 35.7 Å². The van der Waals surface area contributed by atoms with Crippen molar-refractivity contribution in [3.05, 3.63) is 58.6 Å². The van der Waals surface area contributed by atoms with Crippen molar-refractivity contribution in [3.8, 4) is 0 Å². The highest BCUT2D eigenvalue weighted by atomic mass is 32.2. The van der Waals surface area contributed by atoms with E-state index in [0.29, 0.717) is 5.75 Å². The van der Waals surface area contributed by atoms with Crippen LogP contribution in [0, 0.1) is 6.92 Å². The molecule has 7 heteroatoms. The predicted molar refractivity (Wildman–Crippen MR) is 128 cm³/mol. The van der Waals surface area contributed by atoms with E-state index in [2.05, 4.69) is 34.3 Å². The van der Waals surface area contributed by atoms with Gasteiger partial charge in [0, 0.05) is 42.6 Å². The number of carbonyl (C=O) groups is 1. The molecule has 4 nitrogen and oxygen atoms in total. The van der Waals surface area contributed by atoms with E-state index in [-0.39, 0.29) is 5.91 Å². The topological polar surface area (TPSA) is 45.2 Å². The number of carbonyl (C=O) groups excluding carboxylic acids is 1. The van der Waals surface area contributed by atoms with Gasteiger partial charge in [-0.3, -0.25) is 9.69 Å². The molecular formula is C22H25N3OS3. The van der Waals surface area contributed by atoms with Crippen molar-refractivity contribution in [1.29, 1.82) is 0 Å². The number of hydrogen-bond donors (Lipinski definition) is 1. The van der Waals surface area contributed by atoms with E-state index >= 15 is 0 Å². The number of fused-ring (bicyclic) bond motifs is 1. The highest BCUT2D eigenvalue weighted by molar-refractivity contribution is 7.99. The Morgan fingerprint density at radius 3 is 2.83 bits per heavy atom. The first kappa shape index (κ1) is 20.7. The van der Waals surface area contributed by atoms with Crippen LogP contribution in [0.3, 0.4) is 0 Å². The summed E-state index contributed by atoms with van der Waals surface area (Å²) < 4.78 is 1.20. The SMILES string of the molecule is Cc1c(CN2CCSCC2)cccc1NC(=O)CSCc1nc2ccccc2s1. The number of benzene rings is 2. The molecule has 29 heavy (non-hydrogen) atoms. The lowest BCUT2D eigenvalue weighted by Crippen LogP contribution is -2.32. The summed E-state index contributed by atoms with van der Waals surface area (Å²) in [5.74, 6) is 3.66. The summed E-state index contributed by atoms with van der Waals surface area (Å²) in [7, 11) is 0. The number of thiazole rings is 1. The van der Waals surface area contributed by atoms with Crippen LogP contribution in [0.4, 0.5) is 5.69 Å². The third-order valence-corrected chi connectivity index (χ3v) is 8.12. The van der Waals surface area contributed by atoms with Crippen molar-refractivity contribution >= 4 is 56.7 Å². The lowest BCUT2D eigenvalue weighted by atomic mass is 10.1. The van der Waals surface area contributed by atoms with E-state index in [1.165, 1.54) is 27.3 Å². The van der Waals surface area contributed by atoms with E-state index < -0.39 is 0 Å². The van der Waals surface area contributed by atoms with E-state index in [1.807, 2.05) is 42.1 Å². The maximum atomic E-state index is 12.5. The van der Waals surface area contributed by atoms with Crippen molar-refractivity contribution in [1.82, 2.24) is 9.88 Å². The standard InChI is InChI=1S/C22H25N3OS3/c1-16-17(13-25-9-11-27-12-10-25)5-4-7-18(16)23-21(26)14-28-15-22-24-19-6-2-3-8-20(19)29-22/h2-8H,9-15H2,1H3,(H,23,26). The number of anilines is 1. The van der Waals surface area contributed by atoms with E-state index in [0.717, 1.165) is 41.6 Å². The second-order valence-electron chi connectivity index (χ2n) is 7.09. The molecular weight excluding hydrogens is 418 g/mol. The lowest BCUT2D eigenvalue weighted by Gasteiger charge is -2.27. The maximum Gasteiger partial charge on any atom is 0.234 e. The minimum atomic E-state index is 0.0470. The molecule has 1 fully saturated rings. The van der Waals surface area contributed by atoms with Crippen molar-refractivity contribution < 1.29 is 4.79 Å². The zero-order chi connectivity index (χ0) is 20.1. The third-order valence-electron chi connectivity index (χ3n) is 5.01. The number of thioether (sulfide) groups is 2. The highest BCUT2D eigenvalue weighted by Crippen LogP contribution is 2.25.